The summed E-state index contributed by atoms with van der Waals surface area (Å²) in [6.07, 6.45) is 7.36. The summed E-state index contributed by atoms with van der Waals surface area (Å²) in [5.74, 6) is 2.62. The number of imidazole rings is 1. The Morgan fingerprint density at radius 1 is 0.850 bits per heavy atom. The van der Waals surface area contributed by atoms with E-state index in [4.69, 9.17) is 21.6 Å². The van der Waals surface area contributed by atoms with Crippen LogP contribution in [0.1, 0.15) is 30.1 Å². The maximum atomic E-state index is 6.29. The van der Waals surface area contributed by atoms with Gasteiger partial charge >= 0.3 is 0 Å². The zero-order valence-corrected chi connectivity index (χ0v) is 22.5. The molecule has 1 N–H and O–H groups in total. The van der Waals surface area contributed by atoms with E-state index in [1.807, 2.05) is 47.0 Å². The van der Waals surface area contributed by atoms with Gasteiger partial charge in [-0.05, 0) is 43.6 Å². The van der Waals surface area contributed by atoms with Crippen molar-refractivity contribution in [3.05, 3.63) is 108 Å². The molecule has 5 heterocycles. The summed E-state index contributed by atoms with van der Waals surface area (Å²) < 4.78 is 1.97. The second-order valence-electron chi connectivity index (χ2n) is 10.1. The molecule has 0 atom stereocenters. The minimum absolute atomic E-state index is 0.362. The predicted molar refractivity (Wildman–Crippen MR) is 156 cm³/mol. The Labute approximate surface area is 236 Å². The molecule has 8 nitrogen and oxygen atoms in total. The van der Waals surface area contributed by atoms with Gasteiger partial charge in [-0.2, -0.15) is 5.10 Å². The fourth-order valence-corrected chi connectivity index (χ4v) is 5.58. The number of likely N-dealkylation sites (tertiary alicyclic amines) is 1. The van der Waals surface area contributed by atoms with E-state index in [9.17, 15) is 0 Å². The van der Waals surface area contributed by atoms with Gasteiger partial charge in [0.1, 0.15) is 5.69 Å². The number of rotatable bonds is 6. The van der Waals surface area contributed by atoms with Crippen LogP contribution < -0.4 is 0 Å². The van der Waals surface area contributed by atoms with Gasteiger partial charge in [0, 0.05) is 36.0 Å². The van der Waals surface area contributed by atoms with Crippen molar-refractivity contribution < 1.29 is 0 Å². The van der Waals surface area contributed by atoms with Crippen LogP contribution in [0.5, 0.6) is 0 Å². The molecule has 0 unspecified atom stereocenters. The number of fused-ring (bicyclic) bond motifs is 1. The van der Waals surface area contributed by atoms with Crippen molar-refractivity contribution in [2.24, 2.45) is 0 Å². The molecule has 1 fully saturated rings. The quantitative estimate of drug-likeness (QED) is 0.265. The van der Waals surface area contributed by atoms with E-state index in [1.54, 1.807) is 12.4 Å². The minimum atomic E-state index is 0.362. The predicted octanol–water partition coefficient (Wildman–Crippen LogP) is 6.28. The number of benzene rings is 2. The van der Waals surface area contributed by atoms with Gasteiger partial charge in [0.25, 0.3) is 0 Å². The largest absolute Gasteiger partial charge is 0.299 e. The Balaban J connectivity index is 1.05. The molecule has 0 aliphatic carbocycles. The lowest BCUT2D eigenvalue weighted by Crippen LogP contribution is -2.32. The van der Waals surface area contributed by atoms with Crippen LogP contribution in [0.2, 0.25) is 5.02 Å². The van der Waals surface area contributed by atoms with Crippen LogP contribution >= 0.6 is 11.6 Å². The van der Waals surface area contributed by atoms with Gasteiger partial charge in [-0.1, -0.05) is 72.3 Å². The van der Waals surface area contributed by atoms with Crippen molar-refractivity contribution in [3.63, 3.8) is 0 Å². The minimum Gasteiger partial charge on any atom is -0.299 e. The third-order valence-electron chi connectivity index (χ3n) is 7.49. The highest BCUT2D eigenvalue weighted by Crippen LogP contribution is 2.33. The molecule has 0 radical (unpaired) electrons. The van der Waals surface area contributed by atoms with Crippen LogP contribution in [0.4, 0.5) is 0 Å². The number of nitrogens with zero attached hydrogens (tertiary/aromatic N) is 7. The molecule has 0 amide bonds. The zero-order valence-electron chi connectivity index (χ0n) is 21.8. The molecule has 0 spiro atoms. The normalized spacial score (nSPS) is 14.6. The lowest BCUT2D eigenvalue weighted by molar-refractivity contribution is 0.202. The number of H-pyrrole nitrogens is 1. The van der Waals surface area contributed by atoms with E-state index < -0.39 is 0 Å². The van der Waals surface area contributed by atoms with E-state index in [0.717, 1.165) is 72.3 Å². The van der Waals surface area contributed by atoms with Gasteiger partial charge in [-0.3, -0.25) is 19.4 Å². The molecule has 0 saturated carbocycles. The molecule has 9 heteroatoms. The maximum Gasteiger partial charge on any atom is 0.234 e. The Hall–Kier alpha value is -4.40. The summed E-state index contributed by atoms with van der Waals surface area (Å²) in [6.45, 7) is 2.93. The summed E-state index contributed by atoms with van der Waals surface area (Å²) in [5.41, 5.74) is 6.10. The fraction of sp³-hybridized carbons (Fsp3) is 0.194. The Morgan fingerprint density at radius 3 is 2.42 bits per heavy atom. The number of halogens is 1. The van der Waals surface area contributed by atoms with Gasteiger partial charge < -0.3 is 0 Å². The average molecular weight is 547 g/mol. The molecule has 1 aliphatic heterocycles. The number of hydrogen-bond donors (Lipinski definition) is 1. The molecule has 4 aromatic heterocycles. The molecule has 1 saturated heterocycles. The lowest BCUT2D eigenvalue weighted by Gasteiger charge is -2.30. The molecular formula is C31H27ClN8. The van der Waals surface area contributed by atoms with Gasteiger partial charge in [0.15, 0.2) is 11.6 Å². The van der Waals surface area contributed by atoms with Gasteiger partial charge in [-0.25, -0.2) is 15.0 Å². The summed E-state index contributed by atoms with van der Waals surface area (Å²) in [6, 6.07) is 24.8. The first-order valence-corrected chi connectivity index (χ1v) is 13.8. The van der Waals surface area contributed by atoms with Gasteiger partial charge in [0.05, 0.1) is 22.6 Å². The van der Waals surface area contributed by atoms with Crippen LogP contribution in [-0.4, -0.2) is 52.5 Å². The highest BCUT2D eigenvalue weighted by molar-refractivity contribution is 6.30. The number of nitrogens with one attached hydrogen (secondary N) is 1. The second kappa shape index (κ2) is 10.6. The number of aromatic amines is 1. The number of hydrogen-bond acceptors (Lipinski definition) is 6. The molecule has 7 rings (SSSR count). The van der Waals surface area contributed by atoms with Crippen LogP contribution in [-0.2, 0) is 6.54 Å². The van der Waals surface area contributed by atoms with Crippen LogP contribution in [0, 0.1) is 0 Å². The van der Waals surface area contributed by atoms with Crippen molar-refractivity contribution >= 4 is 17.4 Å². The van der Waals surface area contributed by atoms with Crippen molar-refractivity contribution in [1.29, 1.82) is 0 Å². The summed E-state index contributed by atoms with van der Waals surface area (Å²) in [4.78, 5) is 20.9. The number of aromatic nitrogens is 7. The second-order valence-corrected chi connectivity index (χ2v) is 10.6. The van der Waals surface area contributed by atoms with E-state index in [0.29, 0.717) is 16.7 Å². The Morgan fingerprint density at radius 2 is 1.65 bits per heavy atom. The maximum absolute atomic E-state index is 6.29. The van der Waals surface area contributed by atoms with Crippen LogP contribution in [0.15, 0.2) is 91.4 Å². The first-order valence-electron chi connectivity index (χ1n) is 13.5. The highest BCUT2D eigenvalue weighted by atomic mass is 35.5. The summed E-state index contributed by atoms with van der Waals surface area (Å²) in [5, 5.41) is 8.13. The summed E-state index contributed by atoms with van der Waals surface area (Å²) in [7, 11) is 0. The fourth-order valence-electron chi connectivity index (χ4n) is 5.43. The molecule has 1 aliphatic rings. The standard InChI is InChI=1S/C31H27ClN8/c32-25-18-34-31-35-27(28(40(31)20-25)23-6-2-1-3-7-23)22-11-9-21(10-12-22)19-39-16-13-24(14-17-39)29-36-30(38-37-29)26-8-4-5-15-33-26/h1-12,15,18,20,24H,13-14,16-17,19H2,(H,36,37,38). The SMILES string of the molecule is Clc1cnc2nc(-c3ccc(CN4CCC(c5n[nH]c(-c6ccccn6)n5)CC4)cc3)c(-c3ccccc3)n2c1. The number of piperidine rings is 1. The smallest absolute Gasteiger partial charge is 0.234 e. The molecule has 40 heavy (non-hydrogen) atoms. The monoisotopic (exact) mass is 546 g/mol. The van der Waals surface area contributed by atoms with E-state index in [1.165, 1.54) is 5.56 Å². The first-order chi connectivity index (χ1) is 19.7. The van der Waals surface area contributed by atoms with Crippen molar-refractivity contribution in [3.8, 4) is 34.0 Å². The van der Waals surface area contributed by atoms with Crippen molar-refractivity contribution in [2.45, 2.75) is 25.3 Å². The lowest BCUT2D eigenvalue weighted by atomic mass is 9.95. The zero-order chi connectivity index (χ0) is 26.9. The van der Waals surface area contributed by atoms with E-state index >= 15 is 0 Å². The highest BCUT2D eigenvalue weighted by Gasteiger charge is 2.24. The third-order valence-corrected chi connectivity index (χ3v) is 7.69. The van der Waals surface area contributed by atoms with E-state index in [-0.39, 0.29) is 0 Å². The van der Waals surface area contributed by atoms with Crippen LogP contribution in [0.25, 0.3) is 39.8 Å². The first kappa shape index (κ1) is 24.6. The summed E-state index contributed by atoms with van der Waals surface area (Å²) >= 11 is 6.29. The number of pyridine rings is 1. The average Bonchev–Trinajstić information content (AvgIpc) is 3.65. The van der Waals surface area contributed by atoms with Crippen molar-refractivity contribution in [1.82, 2.24) is 39.4 Å². The van der Waals surface area contributed by atoms with Crippen molar-refractivity contribution in [2.75, 3.05) is 13.1 Å². The topological polar surface area (TPSA) is 87.9 Å². The molecule has 2 aromatic carbocycles. The molecular weight excluding hydrogens is 520 g/mol. The Kier molecular flexibility index (Phi) is 6.55. The van der Waals surface area contributed by atoms with Gasteiger partial charge in [0.2, 0.25) is 5.78 Å². The molecule has 198 valence electrons. The van der Waals surface area contributed by atoms with Gasteiger partial charge in [-0.15, -0.1) is 0 Å². The Bertz CT molecular complexity index is 1740. The van der Waals surface area contributed by atoms with E-state index in [2.05, 4.69) is 61.5 Å². The van der Waals surface area contributed by atoms with Crippen LogP contribution in [0.3, 0.4) is 0 Å². The molecule has 0 bridgehead atoms. The molecule has 6 aromatic rings. The third kappa shape index (κ3) is 4.87.